The first-order valence-corrected chi connectivity index (χ1v) is 12.7. The van der Waals surface area contributed by atoms with Crippen molar-refractivity contribution in [3.05, 3.63) is 23.8 Å². The van der Waals surface area contributed by atoms with Gasteiger partial charge >= 0.3 is 0 Å². The van der Waals surface area contributed by atoms with E-state index in [1.807, 2.05) is 0 Å². The van der Waals surface area contributed by atoms with Crippen molar-refractivity contribution < 1.29 is 0 Å². The van der Waals surface area contributed by atoms with Crippen LogP contribution >= 0.6 is 0 Å². The molecule has 0 unspecified atom stereocenters. The molecule has 0 aromatic rings. The molecule has 1 nitrogen and oxygen atoms in total. The third-order valence-electron chi connectivity index (χ3n) is 9.01. The van der Waals surface area contributed by atoms with Gasteiger partial charge < -0.3 is 5.41 Å². The van der Waals surface area contributed by atoms with Crippen LogP contribution in [-0.4, -0.2) is 6.21 Å². The fourth-order valence-electron chi connectivity index (χ4n) is 7.51. The Morgan fingerprint density at radius 2 is 2.00 bits per heavy atom. The second-order valence-electron chi connectivity index (χ2n) is 11.7. The topological polar surface area (TPSA) is 23.9 Å². The van der Waals surface area contributed by atoms with E-state index in [4.69, 9.17) is 5.41 Å². The fraction of sp³-hybridized carbons (Fsp3) is 0.821. The lowest BCUT2D eigenvalue weighted by Crippen LogP contribution is -2.49. The molecule has 3 rings (SSSR count). The van der Waals surface area contributed by atoms with Gasteiger partial charge in [-0.05, 0) is 92.6 Å². The first-order valence-electron chi connectivity index (χ1n) is 12.7. The standard InChI is InChI=1S/C28H47N/c1-21(2)10-8-11-22(3)20-27(4)18-16-26-24(25(27)13-9-19-29)15-14-23-12-6-7-17-28(23,26)5/h7,14,17,19,21-22,24-26,29H,6,8-13,15-16,18,20H2,1-5H3/t22-,24+,25+,26+,27-,28+/m1/s1. The summed E-state index contributed by atoms with van der Waals surface area (Å²) in [6.07, 6.45) is 23.7. The lowest BCUT2D eigenvalue weighted by molar-refractivity contribution is -0.0380. The Hall–Kier alpha value is -0.850. The number of fused-ring (bicyclic) bond motifs is 3. The van der Waals surface area contributed by atoms with Gasteiger partial charge in [-0.3, -0.25) is 0 Å². The second kappa shape index (κ2) is 9.52. The first-order chi connectivity index (χ1) is 13.8. The Labute approximate surface area is 181 Å². The number of rotatable bonds is 9. The van der Waals surface area contributed by atoms with Crippen LogP contribution in [0, 0.1) is 45.8 Å². The highest BCUT2D eigenvalue weighted by molar-refractivity contribution is 5.52. The monoisotopic (exact) mass is 397 g/mol. The molecular weight excluding hydrogens is 350 g/mol. The van der Waals surface area contributed by atoms with Crippen LogP contribution in [0.2, 0.25) is 0 Å². The van der Waals surface area contributed by atoms with E-state index in [2.05, 4.69) is 52.8 Å². The van der Waals surface area contributed by atoms with E-state index in [0.717, 1.165) is 36.0 Å². The molecule has 6 atom stereocenters. The molecule has 3 aliphatic carbocycles. The lowest BCUT2D eigenvalue weighted by Gasteiger charge is -2.58. The molecule has 0 radical (unpaired) electrons. The van der Waals surface area contributed by atoms with Gasteiger partial charge in [0.15, 0.2) is 0 Å². The largest absolute Gasteiger partial charge is 0.313 e. The van der Waals surface area contributed by atoms with Crippen molar-refractivity contribution in [3.8, 4) is 0 Å². The van der Waals surface area contributed by atoms with E-state index in [9.17, 15) is 0 Å². The Bertz CT molecular complexity index is 614. The Balaban J connectivity index is 1.77. The molecule has 0 amide bonds. The summed E-state index contributed by atoms with van der Waals surface area (Å²) in [5.41, 5.74) is 2.51. The molecule has 3 aliphatic rings. The third kappa shape index (κ3) is 4.91. The maximum atomic E-state index is 7.69. The predicted octanol–water partition coefficient (Wildman–Crippen LogP) is 8.60. The molecular formula is C28H47N. The second-order valence-corrected chi connectivity index (χ2v) is 11.7. The van der Waals surface area contributed by atoms with Gasteiger partial charge in [-0.1, -0.05) is 77.7 Å². The van der Waals surface area contributed by atoms with Crippen molar-refractivity contribution in [2.75, 3.05) is 0 Å². The summed E-state index contributed by atoms with van der Waals surface area (Å²) in [6, 6.07) is 0. The lowest BCUT2D eigenvalue weighted by atomic mass is 9.47. The molecule has 0 aliphatic heterocycles. The van der Waals surface area contributed by atoms with Crippen LogP contribution < -0.4 is 0 Å². The van der Waals surface area contributed by atoms with Crippen LogP contribution in [0.15, 0.2) is 23.8 Å². The van der Waals surface area contributed by atoms with Crippen LogP contribution in [0.3, 0.4) is 0 Å². The molecule has 0 aromatic carbocycles. The summed E-state index contributed by atoms with van der Waals surface area (Å²) in [5, 5.41) is 7.69. The van der Waals surface area contributed by atoms with Crippen molar-refractivity contribution in [3.63, 3.8) is 0 Å². The highest BCUT2D eigenvalue weighted by atomic mass is 14.6. The highest BCUT2D eigenvalue weighted by Gasteiger charge is 2.52. The minimum atomic E-state index is 0.314. The molecule has 1 fully saturated rings. The van der Waals surface area contributed by atoms with Gasteiger partial charge in [0.05, 0.1) is 0 Å². The van der Waals surface area contributed by atoms with Crippen LogP contribution in [0.25, 0.3) is 0 Å². The van der Waals surface area contributed by atoms with Gasteiger partial charge in [0.1, 0.15) is 0 Å². The van der Waals surface area contributed by atoms with Crippen molar-refractivity contribution >= 4 is 6.21 Å². The van der Waals surface area contributed by atoms with Crippen LogP contribution in [-0.2, 0) is 0 Å². The minimum absolute atomic E-state index is 0.314. The molecule has 0 bridgehead atoms. The average molecular weight is 398 g/mol. The van der Waals surface area contributed by atoms with Gasteiger partial charge in [0.2, 0.25) is 0 Å². The van der Waals surface area contributed by atoms with Crippen molar-refractivity contribution in [2.24, 2.45) is 40.4 Å². The van der Waals surface area contributed by atoms with E-state index in [1.165, 1.54) is 64.2 Å². The molecule has 164 valence electrons. The molecule has 0 aromatic heterocycles. The fourth-order valence-corrected chi connectivity index (χ4v) is 7.51. The van der Waals surface area contributed by atoms with Crippen LogP contribution in [0.4, 0.5) is 0 Å². The average Bonchev–Trinajstić information content (AvgIpc) is 2.66. The van der Waals surface area contributed by atoms with Crippen molar-refractivity contribution in [1.29, 1.82) is 5.41 Å². The van der Waals surface area contributed by atoms with E-state index in [1.54, 1.807) is 11.8 Å². The third-order valence-corrected chi connectivity index (χ3v) is 9.01. The maximum Gasteiger partial charge on any atom is 0.00936 e. The normalized spacial score (nSPS) is 37.6. The number of hydrogen-bond acceptors (Lipinski definition) is 1. The molecule has 1 saturated carbocycles. The summed E-state index contributed by atoms with van der Waals surface area (Å²) in [6.45, 7) is 12.4. The van der Waals surface area contributed by atoms with Gasteiger partial charge in [0, 0.05) is 5.41 Å². The van der Waals surface area contributed by atoms with Crippen molar-refractivity contribution in [1.82, 2.24) is 0 Å². The van der Waals surface area contributed by atoms with E-state index < -0.39 is 0 Å². The molecule has 0 spiro atoms. The van der Waals surface area contributed by atoms with Gasteiger partial charge in [-0.2, -0.15) is 0 Å². The minimum Gasteiger partial charge on any atom is -0.313 e. The summed E-state index contributed by atoms with van der Waals surface area (Å²) in [4.78, 5) is 0. The summed E-state index contributed by atoms with van der Waals surface area (Å²) < 4.78 is 0. The highest BCUT2D eigenvalue weighted by Crippen LogP contribution is 2.62. The Morgan fingerprint density at radius 3 is 2.72 bits per heavy atom. The summed E-state index contributed by atoms with van der Waals surface area (Å²) >= 11 is 0. The Kier molecular flexibility index (Phi) is 7.50. The van der Waals surface area contributed by atoms with Gasteiger partial charge in [0.25, 0.3) is 0 Å². The SMILES string of the molecule is CC(C)CCC[C@@H](C)C[C@@]1(C)CC[C@H]2[C@@H](CC=C3CCC=C[C@@]32C)[C@@H]1CCC=N. The smallest absolute Gasteiger partial charge is 0.00936 e. The van der Waals surface area contributed by atoms with E-state index in [0.29, 0.717) is 10.8 Å². The van der Waals surface area contributed by atoms with Crippen LogP contribution in [0.1, 0.15) is 105 Å². The number of nitrogens with one attached hydrogen (secondary N) is 1. The zero-order valence-electron chi connectivity index (χ0n) is 20.0. The van der Waals surface area contributed by atoms with Crippen molar-refractivity contribution in [2.45, 2.75) is 105 Å². The summed E-state index contributed by atoms with van der Waals surface area (Å²) in [5.74, 6) is 4.08. The summed E-state index contributed by atoms with van der Waals surface area (Å²) in [7, 11) is 0. The van der Waals surface area contributed by atoms with E-state index >= 15 is 0 Å². The molecule has 0 heterocycles. The van der Waals surface area contributed by atoms with E-state index in [-0.39, 0.29) is 0 Å². The molecule has 29 heavy (non-hydrogen) atoms. The molecule has 1 heteroatoms. The molecule has 1 N–H and O–H groups in total. The molecule has 0 saturated heterocycles. The Morgan fingerprint density at radius 1 is 1.21 bits per heavy atom. The zero-order chi connectivity index (χ0) is 21.1. The number of hydrogen-bond donors (Lipinski definition) is 1. The quantitative estimate of drug-likeness (QED) is 0.297. The maximum absolute atomic E-state index is 7.69. The van der Waals surface area contributed by atoms with Gasteiger partial charge in [-0.25, -0.2) is 0 Å². The van der Waals surface area contributed by atoms with Gasteiger partial charge in [-0.15, -0.1) is 0 Å². The zero-order valence-corrected chi connectivity index (χ0v) is 20.0. The number of allylic oxidation sites excluding steroid dienone is 4. The van der Waals surface area contributed by atoms with Crippen LogP contribution in [0.5, 0.6) is 0 Å². The predicted molar refractivity (Wildman–Crippen MR) is 127 cm³/mol. The first kappa shape index (κ1) is 22.8.